The molecule has 0 amide bonds. The van der Waals surface area contributed by atoms with E-state index < -0.39 is 14.5 Å². The zero-order valence-corrected chi connectivity index (χ0v) is 9.62. The Hall–Kier alpha value is -1.50. The molecule has 0 radical (unpaired) electrons. The van der Waals surface area contributed by atoms with Gasteiger partial charge >= 0.3 is 109 Å². The molecule has 1 N–H and O–H groups in total. The number of H-pyrrole nitrogens is 1. The van der Waals surface area contributed by atoms with E-state index in [9.17, 15) is 0 Å². The van der Waals surface area contributed by atoms with Crippen LogP contribution in [0.25, 0.3) is 30.3 Å². The van der Waals surface area contributed by atoms with E-state index in [0.717, 1.165) is 0 Å². The number of nitrogens with one attached hydrogen (secondary N) is 1. The third kappa shape index (κ3) is 1.01. The first-order valence-electron chi connectivity index (χ1n) is 8.66. The Bertz CT molecular complexity index is 1100. The van der Waals surface area contributed by atoms with E-state index in [2.05, 4.69) is 4.98 Å². The fourth-order valence-electron chi connectivity index (χ4n) is 1.85. The molecule has 4 aromatic rings. The van der Waals surface area contributed by atoms with Crippen LogP contribution in [0.4, 0.5) is 0 Å². The summed E-state index contributed by atoms with van der Waals surface area (Å²) in [5.41, 5.74) is 0.283. The van der Waals surface area contributed by atoms with Crippen LogP contribution in [0.1, 0.15) is 11.0 Å². The van der Waals surface area contributed by atoms with Gasteiger partial charge in [-0.1, -0.05) is 0 Å². The molecule has 0 aliphatic carbocycles. The third-order valence-electron chi connectivity index (χ3n) is 2.51. The summed E-state index contributed by atoms with van der Waals surface area (Å²) in [4.78, 5) is 3.02. The summed E-state index contributed by atoms with van der Waals surface area (Å²) in [6.07, 6.45) is 0. The van der Waals surface area contributed by atoms with Crippen LogP contribution in [0.3, 0.4) is 0 Å². The average Bonchev–Trinajstić information content (AvgIpc) is 3.10. The van der Waals surface area contributed by atoms with Crippen LogP contribution in [0, 0.1) is 0 Å². The van der Waals surface area contributed by atoms with Gasteiger partial charge in [0.1, 0.15) is 0 Å². The fraction of sp³-hybridized carbons (Fsp3) is 0. The van der Waals surface area contributed by atoms with Crippen molar-refractivity contribution >= 4 is 44.8 Å². The minimum absolute atomic E-state index is 0.0791. The van der Waals surface area contributed by atoms with Gasteiger partial charge < -0.3 is 0 Å². The molecule has 0 aliphatic heterocycles. The molecule has 2 heteroatoms. The summed E-state index contributed by atoms with van der Waals surface area (Å²) in [6, 6.07) is -1.90. The molecule has 0 unspecified atom stereocenters. The number of rotatable bonds is 0. The Kier molecular flexibility index (Phi) is 0.763. The van der Waals surface area contributed by atoms with Crippen LogP contribution in [-0.2, 0) is 0 Å². The summed E-state index contributed by atoms with van der Waals surface area (Å²) in [7, 11) is 0. The molecule has 0 bridgehead atoms. The van der Waals surface area contributed by atoms with Crippen LogP contribution >= 0.6 is 0 Å². The van der Waals surface area contributed by atoms with E-state index in [1.54, 1.807) is 0 Å². The molecular weight excluding hydrogens is 261 g/mol. The van der Waals surface area contributed by atoms with Crippen molar-refractivity contribution in [3.05, 3.63) is 48.3 Å². The van der Waals surface area contributed by atoms with Gasteiger partial charge in [0.2, 0.25) is 0 Å². The predicted octanol–water partition coefficient (Wildman–Crippen LogP) is 3.53. The van der Waals surface area contributed by atoms with Gasteiger partial charge in [0.05, 0.1) is 0 Å². The molecule has 2 aromatic carbocycles. The average molecular weight is 278 g/mol. The third-order valence-corrected chi connectivity index (χ3v) is 4.65. The maximum absolute atomic E-state index is 8.19. The maximum atomic E-state index is 8.19. The van der Waals surface area contributed by atoms with Crippen molar-refractivity contribution in [3.63, 3.8) is 0 Å². The van der Waals surface area contributed by atoms with Crippen molar-refractivity contribution in [2.45, 2.75) is 0 Å². The van der Waals surface area contributed by atoms with Gasteiger partial charge in [-0.2, -0.15) is 0 Å². The second-order valence-corrected chi connectivity index (χ2v) is 5.53. The summed E-state index contributed by atoms with van der Waals surface area (Å²) >= 11 is -0.413. The van der Waals surface area contributed by atoms with Crippen LogP contribution in [0.2, 0.25) is 0 Å². The van der Waals surface area contributed by atoms with Crippen LogP contribution in [0.5, 0.6) is 0 Å². The molecule has 0 saturated heterocycles. The van der Waals surface area contributed by atoms with E-state index in [1.165, 1.54) is 0 Å². The second kappa shape index (κ2) is 3.00. The van der Waals surface area contributed by atoms with Gasteiger partial charge in [0, 0.05) is 0 Å². The Morgan fingerprint density at radius 1 is 0.938 bits per heavy atom. The first-order valence-corrected chi connectivity index (χ1v) is 6.37. The fourth-order valence-corrected chi connectivity index (χ4v) is 4.00. The topological polar surface area (TPSA) is 15.8 Å². The quantitative estimate of drug-likeness (QED) is 0.474. The number of hydrogen-bond acceptors (Lipinski definition) is 0. The van der Waals surface area contributed by atoms with E-state index >= 15 is 0 Å². The number of aromatic amines is 1. The van der Waals surface area contributed by atoms with Crippen molar-refractivity contribution in [2.75, 3.05) is 0 Å². The molecule has 0 aliphatic rings. The number of hydrogen-bond donors (Lipinski definition) is 1. The molecule has 0 atom stereocenters. The summed E-state index contributed by atoms with van der Waals surface area (Å²) in [5, 5.41) is 1.13. The van der Waals surface area contributed by atoms with Crippen molar-refractivity contribution < 1.29 is 11.0 Å². The minimum atomic E-state index is -0.413. The van der Waals surface area contributed by atoms with Gasteiger partial charge in [-0.25, -0.2) is 0 Å². The Balaban J connectivity index is 2.38. The van der Waals surface area contributed by atoms with Crippen molar-refractivity contribution in [3.8, 4) is 0 Å². The number of para-hydroxylation sites is 1. The molecule has 4 rings (SSSR count). The van der Waals surface area contributed by atoms with E-state index in [-0.39, 0.29) is 53.9 Å². The molecule has 1 nitrogen and oxygen atoms in total. The molecule has 2 aromatic heterocycles. The summed E-state index contributed by atoms with van der Waals surface area (Å²) in [6.45, 7) is 0. The monoisotopic (exact) mass is 279 g/mol. The SMILES string of the molecule is [2H]c1c([2H])c([2H])c2c([nH]c3[se]c4c([2H])c([2H])c([2H])c([2H])c4c32)c1[2H]. The van der Waals surface area contributed by atoms with E-state index in [1.807, 2.05) is 0 Å². The Morgan fingerprint density at radius 2 is 1.69 bits per heavy atom. The van der Waals surface area contributed by atoms with Gasteiger partial charge in [0.15, 0.2) is 0 Å². The van der Waals surface area contributed by atoms with E-state index in [4.69, 9.17) is 11.0 Å². The molecule has 2 heterocycles. The van der Waals surface area contributed by atoms with Crippen molar-refractivity contribution in [2.24, 2.45) is 0 Å². The second-order valence-electron chi connectivity index (χ2n) is 3.39. The first-order chi connectivity index (χ1) is 11.3. The van der Waals surface area contributed by atoms with Crippen LogP contribution in [0.15, 0.2) is 48.3 Å². The summed E-state index contributed by atoms with van der Waals surface area (Å²) < 4.78 is 65.0. The molecular formula is C14H9NSe. The van der Waals surface area contributed by atoms with Gasteiger partial charge in [-0.05, 0) is 0 Å². The predicted molar refractivity (Wildman–Crippen MR) is 70.3 cm³/mol. The molecule has 0 spiro atoms. The Morgan fingerprint density at radius 3 is 2.62 bits per heavy atom. The van der Waals surface area contributed by atoms with Crippen LogP contribution in [-0.4, -0.2) is 19.5 Å². The van der Waals surface area contributed by atoms with Crippen molar-refractivity contribution in [1.29, 1.82) is 0 Å². The van der Waals surface area contributed by atoms with E-state index in [0.29, 0.717) is 24.8 Å². The normalized spacial score (nSPS) is 18.8. The number of benzene rings is 2. The molecule has 0 fully saturated rings. The molecule has 0 saturated carbocycles. The summed E-state index contributed by atoms with van der Waals surface area (Å²) in [5.74, 6) is 0. The number of aromatic nitrogens is 1. The molecule has 76 valence electrons. The first kappa shape index (κ1) is 4.06. The van der Waals surface area contributed by atoms with Gasteiger partial charge in [0.25, 0.3) is 0 Å². The Labute approximate surface area is 110 Å². The zero-order valence-electron chi connectivity index (χ0n) is 15.9. The zero-order chi connectivity index (χ0) is 17.5. The number of fused-ring (bicyclic) bond motifs is 5. The molecule has 16 heavy (non-hydrogen) atoms. The van der Waals surface area contributed by atoms with Gasteiger partial charge in [-0.15, -0.1) is 0 Å². The standard InChI is InChI=1S/C14H9NSe/c1-3-7-11-9(5-1)13-10-6-2-4-8-12(10)16-14(13)15-11/h1-8,15H/i1D,2D,3D,4D,5D,6D,7D,8D. The van der Waals surface area contributed by atoms with Gasteiger partial charge in [-0.3, -0.25) is 0 Å². The van der Waals surface area contributed by atoms with Crippen molar-refractivity contribution in [1.82, 2.24) is 4.98 Å². The van der Waals surface area contributed by atoms with Crippen LogP contribution < -0.4 is 0 Å².